The van der Waals surface area contributed by atoms with Crippen molar-refractivity contribution in [2.24, 2.45) is 0 Å². The molecule has 1 saturated heterocycles. The van der Waals surface area contributed by atoms with Crippen LogP contribution in [0.1, 0.15) is 0 Å². The zero-order chi connectivity index (χ0) is 13.1. The molecule has 1 aliphatic rings. The average molecular weight is 290 g/mol. The Morgan fingerprint density at radius 1 is 1.28 bits per heavy atom. The van der Waals surface area contributed by atoms with Crippen LogP contribution >= 0.6 is 23.2 Å². The molecule has 1 unspecified atom stereocenters. The molecule has 0 bridgehead atoms. The van der Waals surface area contributed by atoms with Gasteiger partial charge in [-0.25, -0.2) is 0 Å². The predicted octanol–water partition coefficient (Wildman–Crippen LogP) is 1.03. The fourth-order valence-corrected chi connectivity index (χ4v) is 2.62. The minimum absolute atomic E-state index is 0.320. The number of amides is 1. The van der Waals surface area contributed by atoms with Crippen LogP contribution in [0.25, 0.3) is 0 Å². The average Bonchev–Trinajstić information content (AvgIpc) is 2.51. The number of aliphatic hydroxyl groups is 1. The van der Waals surface area contributed by atoms with Gasteiger partial charge >= 0.3 is 0 Å². The number of rotatable bonds is 2. The molecule has 1 fully saturated rings. The van der Waals surface area contributed by atoms with Gasteiger partial charge in [-0.05, 0) is 0 Å². The molecule has 5 nitrogen and oxygen atoms in total. The smallest absolute Gasteiger partial charge is 0.209 e. The summed E-state index contributed by atoms with van der Waals surface area (Å²) in [7, 11) is 0. The maximum Gasteiger partial charge on any atom is 0.209 e. The van der Waals surface area contributed by atoms with E-state index in [1.54, 1.807) is 0 Å². The number of hydrogen-bond acceptors (Lipinski definition) is 4. The lowest BCUT2D eigenvalue weighted by Gasteiger charge is -2.25. The fraction of sp³-hybridized carbons (Fsp3) is 0.455. The van der Waals surface area contributed by atoms with Crippen molar-refractivity contribution in [3.63, 3.8) is 0 Å². The van der Waals surface area contributed by atoms with E-state index in [2.05, 4.69) is 4.98 Å². The Morgan fingerprint density at radius 2 is 1.94 bits per heavy atom. The van der Waals surface area contributed by atoms with Crippen molar-refractivity contribution in [2.75, 3.05) is 31.1 Å². The molecule has 98 valence electrons. The molecule has 0 saturated carbocycles. The predicted molar refractivity (Wildman–Crippen MR) is 70.1 cm³/mol. The number of aromatic nitrogens is 1. The summed E-state index contributed by atoms with van der Waals surface area (Å²) in [6.07, 6.45) is 3.13. The van der Waals surface area contributed by atoms with Crippen LogP contribution in [0.4, 0.5) is 5.69 Å². The highest BCUT2D eigenvalue weighted by molar-refractivity contribution is 6.38. The molecule has 0 aliphatic carbocycles. The first kappa shape index (κ1) is 13.4. The Bertz CT molecular complexity index is 424. The quantitative estimate of drug-likeness (QED) is 0.827. The van der Waals surface area contributed by atoms with E-state index in [0.29, 0.717) is 41.9 Å². The third-order valence-electron chi connectivity index (χ3n) is 2.83. The van der Waals surface area contributed by atoms with Crippen LogP contribution in [0, 0.1) is 0 Å². The zero-order valence-corrected chi connectivity index (χ0v) is 11.1. The normalized spacial score (nSPS) is 20.7. The molecule has 2 rings (SSSR count). The van der Waals surface area contributed by atoms with Crippen molar-refractivity contribution in [3.05, 3.63) is 22.4 Å². The van der Waals surface area contributed by atoms with Crippen LogP contribution in [-0.2, 0) is 4.79 Å². The van der Waals surface area contributed by atoms with Crippen molar-refractivity contribution < 1.29 is 9.90 Å². The van der Waals surface area contributed by atoms with Crippen molar-refractivity contribution in [2.45, 2.75) is 6.10 Å². The molecule has 1 atom stereocenters. The molecule has 0 spiro atoms. The van der Waals surface area contributed by atoms with E-state index in [9.17, 15) is 9.90 Å². The second kappa shape index (κ2) is 5.73. The summed E-state index contributed by atoms with van der Waals surface area (Å²) in [6.45, 7) is 1.79. The van der Waals surface area contributed by atoms with E-state index in [1.165, 1.54) is 17.3 Å². The van der Waals surface area contributed by atoms with E-state index >= 15 is 0 Å². The minimum Gasteiger partial charge on any atom is -0.389 e. The summed E-state index contributed by atoms with van der Waals surface area (Å²) in [6, 6.07) is 0. The van der Waals surface area contributed by atoms with Crippen molar-refractivity contribution in [1.29, 1.82) is 0 Å². The molecule has 0 aromatic carbocycles. The maximum absolute atomic E-state index is 10.8. The Balaban J connectivity index is 2.25. The Labute approximate surface area is 115 Å². The fourth-order valence-electron chi connectivity index (χ4n) is 2.02. The highest BCUT2D eigenvalue weighted by Gasteiger charge is 2.23. The summed E-state index contributed by atoms with van der Waals surface area (Å²) < 4.78 is 0. The van der Waals surface area contributed by atoms with Gasteiger partial charge in [0.25, 0.3) is 0 Å². The first-order chi connectivity index (χ1) is 8.61. The summed E-state index contributed by atoms with van der Waals surface area (Å²) in [5.74, 6) is 0. The SMILES string of the molecule is O=CN1CCN(c2c(Cl)cncc2Cl)CC(O)C1. The molecule has 7 heteroatoms. The van der Waals surface area contributed by atoms with Gasteiger partial charge < -0.3 is 14.9 Å². The molecule has 1 aliphatic heterocycles. The highest BCUT2D eigenvalue weighted by Crippen LogP contribution is 2.32. The number of carbonyl (C=O) groups is 1. The van der Waals surface area contributed by atoms with E-state index in [-0.39, 0.29) is 0 Å². The van der Waals surface area contributed by atoms with Crippen molar-refractivity contribution >= 4 is 35.3 Å². The topological polar surface area (TPSA) is 56.7 Å². The number of aliphatic hydroxyl groups excluding tert-OH is 1. The van der Waals surface area contributed by atoms with Gasteiger partial charge in [0.1, 0.15) is 0 Å². The lowest BCUT2D eigenvalue weighted by atomic mass is 10.3. The van der Waals surface area contributed by atoms with E-state index in [1.807, 2.05) is 4.90 Å². The Kier molecular flexibility index (Phi) is 4.27. The van der Waals surface area contributed by atoms with Gasteiger partial charge in [0.15, 0.2) is 0 Å². The second-order valence-corrected chi connectivity index (χ2v) is 4.97. The molecule has 2 heterocycles. The Morgan fingerprint density at radius 3 is 2.56 bits per heavy atom. The molecular weight excluding hydrogens is 277 g/mol. The van der Waals surface area contributed by atoms with Gasteiger partial charge in [-0.15, -0.1) is 0 Å². The molecule has 0 radical (unpaired) electrons. The lowest BCUT2D eigenvalue weighted by molar-refractivity contribution is -0.118. The summed E-state index contributed by atoms with van der Waals surface area (Å²) in [4.78, 5) is 18.1. The summed E-state index contributed by atoms with van der Waals surface area (Å²) in [5.41, 5.74) is 0.653. The summed E-state index contributed by atoms with van der Waals surface area (Å²) >= 11 is 12.2. The molecule has 1 amide bonds. The highest BCUT2D eigenvalue weighted by atomic mass is 35.5. The molecule has 18 heavy (non-hydrogen) atoms. The number of hydrogen-bond donors (Lipinski definition) is 1. The van der Waals surface area contributed by atoms with Gasteiger partial charge in [-0.2, -0.15) is 0 Å². The summed E-state index contributed by atoms with van der Waals surface area (Å²) in [5, 5.41) is 10.7. The largest absolute Gasteiger partial charge is 0.389 e. The maximum atomic E-state index is 10.8. The van der Waals surface area contributed by atoms with Crippen molar-refractivity contribution in [1.82, 2.24) is 9.88 Å². The molecule has 1 aromatic rings. The van der Waals surface area contributed by atoms with Crippen LogP contribution in [0.2, 0.25) is 10.0 Å². The monoisotopic (exact) mass is 289 g/mol. The van der Waals surface area contributed by atoms with Gasteiger partial charge in [0.2, 0.25) is 6.41 Å². The second-order valence-electron chi connectivity index (χ2n) is 4.15. The van der Waals surface area contributed by atoms with Crippen LogP contribution in [0.5, 0.6) is 0 Å². The number of β-amino-alcohol motifs (C(OH)–C–C–N with tert-alkyl or cyclic N) is 1. The third-order valence-corrected chi connectivity index (χ3v) is 3.38. The molecule has 1 aromatic heterocycles. The van der Waals surface area contributed by atoms with Gasteiger partial charge in [0, 0.05) is 38.6 Å². The number of carbonyl (C=O) groups excluding carboxylic acids is 1. The molecular formula is C11H13Cl2N3O2. The van der Waals surface area contributed by atoms with Gasteiger partial charge in [-0.1, -0.05) is 23.2 Å². The lowest BCUT2D eigenvalue weighted by Crippen LogP contribution is -2.33. The number of pyridine rings is 1. The Hall–Kier alpha value is -1.04. The van der Waals surface area contributed by atoms with Crippen LogP contribution in [0.15, 0.2) is 12.4 Å². The standard InChI is InChI=1S/C11H13Cl2N3O2/c12-9-3-14-4-10(13)11(9)16-2-1-15(7-17)5-8(18)6-16/h3-4,7-8,18H,1-2,5-6H2. The first-order valence-electron chi connectivity index (χ1n) is 5.53. The number of anilines is 1. The number of halogens is 2. The van der Waals surface area contributed by atoms with E-state index in [4.69, 9.17) is 23.2 Å². The van der Waals surface area contributed by atoms with Crippen LogP contribution < -0.4 is 4.90 Å². The zero-order valence-electron chi connectivity index (χ0n) is 9.59. The first-order valence-corrected chi connectivity index (χ1v) is 6.28. The van der Waals surface area contributed by atoms with E-state index < -0.39 is 6.10 Å². The minimum atomic E-state index is -0.627. The van der Waals surface area contributed by atoms with Crippen molar-refractivity contribution in [3.8, 4) is 0 Å². The van der Waals surface area contributed by atoms with Crippen LogP contribution in [0.3, 0.4) is 0 Å². The van der Waals surface area contributed by atoms with Gasteiger partial charge in [0.05, 0.1) is 21.8 Å². The molecule has 1 N–H and O–H groups in total. The van der Waals surface area contributed by atoms with Crippen LogP contribution in [-0.4, -0.2) is 53.7 Å². The number of nitrogens with zero attached hydrogens (tertiary/aromatic N) is 3. The third kappa shape index (κ3) is 2.85. The van der Waals surface area contributed by atoms with Gasteiger partial charge in [-0.3, -0.25) is 9.78 Å². The van der Waals surface area contributed by atoms with E-state index in [0.717, 1.165) is 6.41 Å².